The van der Waals surface area contributed by atoms with Gasteiger partial charge < -0.3 is 5.11 Å². The molecule has 7 heteroatoms. The van der Waals surface area contributed by atoms with E-state index >= 15 is 0 Å². The number of piperidine rings is 1. The van der Waals surface area contributed by atoms with Gasteiger partial charge in [-0.25, -0.2) is 9.82 Å². The number of hydrogen-bond donors (Lipinski definition) is 2. The number of nitrogens with zero attached hydrogens (tertiary/aromatic N) is 2. The van der Waals surface area contributed by atoms with Gasteiger partial charge in [-0.15, -0.1) is 0 Å². The van der Waals surface area contributed by atoms with E-state index < -0.39 is 0 Å². The molecular formula is C20H21ClFN3O2. The molecule has 1 fully saturated rings. The van der Waals surface area contributed by atoms with Crippen LogP contribution in [0.4, 0.5) is 4.39 Å². The second-order valence-corrected chi connectivity index (χ2v) is 7.02. The SMILES string of the molecule is O=C(N/N=C/c1ccc(O)cc1)C1CCN(Cc2ccc(F)cc2Cl)CC1. The van der Waals surface area contributed by atoms with E-state index in [1.54, 1.807) is 36.5 Å². The standard InChI is InChI=1S/C20H21ClFN3O2/c21-19-11-17(22)4-3-16(19)13-25-9-7-15(8-10-25)20(27)24-23-12-14-1-5-18(26)6-2-14/h1-6,11-12,15,26H,7-10,13H2,(H,24,27)/b23-12+. The van der Waals surface area contributed by atoms with Crippen molar-refractivity contribution in [3.63, 3.8) is 0 Å². The minimum Gasteiger partial charge on any atom is -0.508 e. The first-order valence-electron chi connectivity index (χ1n) is 8.79. The van der Waals surface area contributed by atoms with Crippen molar-refractivity contribution in [1.82, 2.24) is 10.3 Å². The lowest BCUT2D eigenvalue weighted by molar-refractivity contribution is -0.126. The zero-order valence-corrected chi connectivity index (χ0v) is 15.5. The van der Waals surface area contributed by atoms with Crippen LogP contribution in [0.2, 0.25) is 5.02 Å². The number of nitrogens with one attached hydrogen (secondary N) is 1. The molecule has 0 atom stereocenters. The van der Waals surface area contributed by atoms with Crippen LogP contribution in [-0.4, -0.2) is 35.2 Å². The summed E-state index contributed by atoms with van der Waals surface area (Å²) in [6, 6.07) is 11.0. The summed E-state index contributed by atoms with van der Waals surface area (Å²) in [7, 11) is 0. The quantitative estimate of drug-likeness (QED) is 0.607. The Hall–Kier alpha value is -2.44. The molecule has 0 aromatic heterocycles. The molecular weight excluding hydrogens is 369 g/mol. The molecule has 2 N–H and O–H groups in total. The van der Waals surface area contributed by atoms with Crippen LogP contribution in [0.3, 0.4) is 0 Å². The lowest BCUT2D eigenvalue weighted by atomic mass is 9.96. The predicted octanol–water partition coefficient (Wildman–Crippen LogP) is 3.55. The Morgan fingerprint density at radius 2 is 1.96 bits per heavy atom. The van der Waals surface area contributed by atoms with Crippen molar-refractivity contribution in [3.8, 4) is 5.75 Å². The number of hydrazone groups is 1. The third kappa shape index (κ3) is 5.52. The predicted molar refractivity (Wildman–Crippen MR) is 103 cm³/mol. The molecule has 0 bridgehead atoms. The second kappa shape index (κ2) is 8.97. The van der Waals surface area contributed by atoms with E-state index in [2.05, 4.69) is 15.4 Å². The monoisotopic (exact) mass is 389 g/mol. The van der Waals surface area contributed by atoms with Crippen LogP contribution in [0.25, 0.3) is 0 Å². The number of phenols is 1. The van der Waals surface area contributed by atoms with Gasteiger partial charge in [0.1, 0.15) is 11.6 Å². The van der Waals surface area contributed by atoms with Gasteiger partial charge >= 0.3 is 0 Å². The average molecular weight is 390 g/mol. The van der Waals surface area contributed by atoms with E-state index in [0.29, 0.717) is 11.6 Å². The lowest BCUT2D eigenvalue weighted by Gasteiger charge is -2.31. The third-order valence-electron chi connectivity index (χ3n) is 4.65. The lowest BCUT2D eigenvalue weighted by Crippen LogP contribution is -2.39. The van der Waals surface area contributed by atoms with Gasteiger partial charge in [0.05, 0.1) is 6.21 Å². The highest BCUT2D eigenvalue weighted by molar-refractivity contribution is 6.31. The zero-order valence-electron chi connectivity index (χ0n) is 14.7. The van der Waals surface area contributed by atoms with E-state index in [9.17, 15) is 14.3 Å². The number of aromatic hydroxyl groups is 1. The van der Waals surface area contributed by atoms with Crippen LogP contribution in [0, 0.1) is 11.7 Å². The van der Waals surface area contributed by atoms with Crippen molar-refractivity contribution in [2.24, 2.45) is 11.0 Å². The Bertz CT molecular complexity index is 818. The molecule has 1 aliphatic heterocycles. The van der Waals surface area contributed by atoms with Gasteiger partial charge in [-0.2, -0.15) is 5.10 Å². The molecule has 0 spiro atoms. The Labute approximate surface area is 162 Å². The van der Waals surface area contributed by atoms with Crippen LogP contribution >= 0.6 is 11.6 Å². The van der Waals surface area contributed by atoms with Crippen LogP contribution in [0.1, 0.15) is 24.0 Å². The molecule has 0 unspecified atom stereocenters. The molecule has 2 aromatic rings. The second-order valence-electron chi connectivity index (χ2n) is 6.61. The summed E-state index contributed by atoms with van der Waals surface area (Å²) < 4.78 is 13.1. The summed E-state index contributed by atoms with van der Waals surface area (Å²) in [5.74, 6) is -0.330. The van der Waals surface area contributed by atoms with Gasteiger partial charge in [0.15, 0.2) is 0 Å². The molecule has 2 aromatic carbocycles. The maximum absolute atomic E-state index is 13.1. The highest BCUT2D eigenvalue weighted by Gasteiger charge is 2.25. The maximum atomic E-state index is 13.1. The number of carbonyl (C=O) groups excluding carboxylic acids is 1. The first kappa shape index (κ1) is 19.3. The third-order valence-corrected chi connectivity index (χ3v) is 5.00. The van der Waals surface area contributed by atoms with Crippen molar-refractivity contribution < 1.29 is 14.3 Å². The number of benzene rings is 2. The minimum absolute atomic E-state index is 0.0816. The molecule has 0 aliphatic carbocycles. The molecule has 5 nitrogen and oxygen atoms in total. The smallest absolute Gasteiger partial charge is 0.243 e. The number of rotatable bonds is 5. The fraction of sp³-hybridized carbons (Fsp3) is 0.300. The molecule has 142 valence electrons. The van der Waals surface area contributed by atoms with Crippen molar-refractivity contribution in [2.45, 2.75) is 19.4 Å². The number of amides is 1. The van der Waals surface area contributed by atoms with Gasteiger partial charge in [-0.1, -0.05) is 17.7 Å². The highest BCUT2D eigenvalue weighted by atomic mass is 35.5. The molecule has 0 radical (unpaired) electrons. The normalized spacial score (nSPS) is 15.9. The van der Waals surface area contributed by atoms with Crippen molar-refractivity contribution >= 4 is 23.7 Å². The first-order valence-corrected chi connectivity index (χ1v) is 9.17. The van der Waals surface area contributed by atoms with Crippen molar-refractivity contribution in [1.29, 1.82) is 0 Å². The van der Waals surface area contributed by atoms with E-state index in [1.165, 1.54) is 12.1 Å². The molecule has 3 rings (SSSR count). The Morgan fingerprint density at radius 1 is 1.26 bits per heavy atom. The molecule has 1 heterocycles. The number of likely N-dealkylation sites (tertiary alicyclic amines) is 1. The van der Waals surface area contributed by atoms with E-state index in [1.807, 2.05) is 0 Å². The van der Waals surface area contributed by atoms with Gasteiger partial charge in [0.2, 0.25) is 5.91 Å². The average Bonchev–Trinajstić information content (AvgIpc) is 2.66. The van der Waals surface area contributed by atoms with Crippen LogP contribution in [-0.2, 0) is 11.3 Å². The van der Waals surface area contributed by atoms with E-state index in [-0.39, 0.29) is 23.4 Å². The zero-order chi connectivity index (χ0) is 19.2. The minimum atomic E-state index is -0.341. The summed E-state index contributed by atoms with van der Waals surface area (Å²) in [4.78, 5) is 14.5. The Balaban J connectivity index is 1.45. The van der Waals surface area contributed by atoms with Crippen LogP contribution in [0.5, 0.6) is 5.75 Å². The number of halogens is 2. The largest absolute Gasteiger partial charge is 0.508 e. The number of hydrogen-bond acceptors (Lipinski definition) is 4. The van der Waals surface area contributed by atoms with E-state index in [4.69, 9.17) is 11.6 Å². The highest BCUT2D eigenvalue weighted by Crippen LogP contribution is 2.23. The summed E-state index contributed by atoms with van der Waals surface area (Å²) in [6.45, 7) is 2.19. The molecule has 0 saturated carbocycles. The van der Waals surface area contributed by atoms with Gasteiger partial charge in [-0.05, 0) is 73.5 Å². The molecule has 1 aliphatic rings. The van der Waals surface area contributed by atoms with Crippen molar-refractivity contribution in [2.75, 3.05) is 13.1 Å². The van der Waals surface area contributed by atoms with Gasteiger partial charge in [0, 0.05) is 17.5 Å². The molecule has 1 saturated heterocycles. The summed E-state index contributed by atoms with van der Waals surface area (Å²) in [5.41, 5.74) is 4.26. The Morgan fingerprint density at radius 3 is 2.63 bits per heavy atom. The fourth-order valence-corrected chi connectivity index (χ4v) is 3.29. The molecule has 27 heavy (non-hydrogen) atoms. The van der Waals surface area contributed by atoms with Gasteiger partial charge in [-0.3, -0.25) is 9.69 Å². The first-order chi connectivity index (χ1) is 13.0. The topological polar surface area (TPSA) is 64.9 Å². The fourth-order valence-electron chi connectivity index (χ4n) is 3.07. The van der Waals surface area contributed by atoms with Crippen LogP contribution < -0.4 is 5.43 Å². The van der Waals surface area contributed by atoms with Gasteiger partial charge in [0.25, 0.3) is 0 Å². The maximum Gasteiger partial charge on any atom is 0.243 e. The number of carbonyl (C=O) groups is 1. The van der Waals surface area contributed by atoms with E-state index in [0.717, 1.165) is 37.1 Å². The molecule has 1 amide bonds. The summed E-state index contributed by atoms with van der Waals surface area (Å²) in [6.07, 6.45) is 3.02. The summed E-state index contributed by atoms with van der Waals surface area (Å²) >= 11 is 6.08. The summed E-state index contributed by atoms with van der Waals surface area (Å²) in [5, 5.41) is 13.6. The van der Waals surface area contributed by atoms with Crippen molar-refractivity contribution in [3.05, 3.63) is 64.4 Å². The Kier molecular flexibility index (Phi) is 6.42. The number of phenolic OH excluding ortho intramolecular Hbond substituents is 1. The van der Waals surface area contributed by atoms with Crippen LogP contribution in [0.15, 0.2) is 47.6 Å².